The zero-order chi connectivity index (χ0) is 25.5. The zero-order valence-electron chi connectivity index (χ0n) is 20.3. The largest absolute Gasteiger partial charge is 0.502 e. The van der Waals surface area contributed by atoms with Crippen LogP contribution in [0.15, 0.2) is 43.5 Å². The van der Waals surface area contributed by atoms with Crippen molar-refractivity contribution in [1.82, 2.24) is 0 Å². The van der Waals surface area contributed by atoms with Crippen molar-refractivity contribution >= 4 is 12.1 Å². The first-order valence-electron chi connectivity index (χ1n) is 11.5. The van der Waals surface area contributed by atoms with Crippen molar-refractivity contribution in [2.24, 2.45) is 10.8 Å². The van der Waals surface area contributed by atoms with Gasteiger partial charge < -0.3 is 23.8 Å². The summed E-state index contributed by atoms with van der Waals surface area (Å²) in [5, 5.41) is 19.8. The van der Waals surface area contributed by atoms with Crippen LogP contribution in [-0.2, 0) is 9.59 Å². The van der Waals surface area contributed by atoms with E-state index in [0.717, 1.165) is 44.5 Å². The Morgan fingerprint density at radius 2 is 1.38 bits per heavy atom. The van der Waals surface area contributed by atoms with Gasteiger partial charge in [-0.2, -0.15) is 0 Å². The number of carbonyl (C=O) groups excluding carboxylic acids is 2. The summed E-state index contributed by atoms with van der Waals surface area (Å²) in [4.78, 5) is 48.9. The zero-order valence-corrected chi connectivity index (χ0v) is 20.3. The lowest BCUT2D eigenvalue weighted by atomic mass is 9.69. The molecule has 8 heteroatoms. The number of unbranched alkanes of at least 4 members (excludes halogenated alkanes) is 2. The average molecular weight is 475 g/mol. The van der Waals surface area contributed by atoms with E-state index in [2.05, 4.69) is 0 Å². The number of rotatable bonds is 13. The van der Waals surface area contributed by atoms with Crippen LogP contribution in [0.4, 0.5) is 0 Å². The number of hydrogen-bond donors (Lipinski definition) is 2. The molecule has 2 aromatic heterocycles. The van der Waals surface area contributed by atoms with Gasteiger partial charge in [-0.25, -0.2) is 0 Å². The lowest BCUT2D eigenvalue weighted by Crippen LogP contribution is -2.31. The predicted molar refractivity (Wildman–Crippen MR) is 126 cm³/mol. The van der Waals surface area contributed by atoms with Gasteiger partial charge in [0, 0.05) is 35.3 Å². The highest BCUT2D eigenvalue weighted by Gasteiger charge is 2.37. The molecule has 0 radical (unpaired) electrons. The van der Waals surface area contributed by atoms with Crippen LogP contribution >= 0.6 is 0 Å². The molecule has 0 saturated carbocycles. The van der Waals surface area contributed by atoms with Gasteiger partial charge in [0.2, 0.25) is 10.9 Å². The molecule has 2 N–H and O–H groups in total. The minimum absolute atomic E-state index is 0.0353. The van der Waals surface area contributed by atoms with Crippen molar-refractivity contribution in [3.8, 4) is 11.5 Å². The molecule has 0 spiro atoms. The smallest absolute Gasteiger partial charge is 0.230 e. The minimum atomic E-state index is -0.891. The van der Waals surface area contributed by atoms with Gasteiger partial charge >= 0.3 is 0 Å². The molecule has 0 aromatic carbocycles. The number of aldehydes is 1. The second-order valence-corrected chi connectivity index (χ2v) is 10.2. The first kappa shape index (κ1) is 27.1. The van der Waals surface area contributed by atoms with Gasteiger partial charge in [-0.3, -0.25) is 14.4 Å². The van der Waals surface area contributed by atoms with Crippen LogP contribution in [0.5, 0.6) is 11.5 Å². The number of hydrogen-bond acceptors (Lipinski definition) is 8. The summed E-state index contributed by atoms with van der Waals surface area (Å²) in [5.41, 5.74) is -2.47. The first-order valence-corrected chi connectivity index (χ1v) is 11.5. The maximum Gasteiger partial charge on any atom is 0.230 e. The van der Waals surface area contributed by atoms with E-state index < -0.39 is 33.7 Å². The van der Waals surface area contributed by atoms with E-state index in [1.54, 1.807) is 13.8 Å². The Balaban J connectivity index is 2.15. The fourth-order valence-electron chi connectivity index (χ4n) is 4.13. The quantitative estimate of drug-likeness (QED) is 0.315. The lowest BCUT2D eigenvalue weighted by molar-refractivity contribution is -0.120. The van der Waals surface area contributed by atoms with E-state index in [4.69, 9.17) is 8.83 Å². The molecule has 34 heavy (non-hydrogen) atoms. The summed E-state index contributed by atoms with van der Waals surface area (Å²) < 4.78 is 10.2. The third-order valence-electron chi connectivity index (χ3n) is 6.29. The van der Waals surface area contributed by atoms with Crippen LogP contribution in [0.3, 0.4) is 0 Å². The summed E-state index contributed by atoms with van der Waals surface area (Å²) in [6.07, 6.45) is 9.31. The summed E-state index contributed by atoms with van der Waals surface area (Å²) in [6.45, 7) is 7.40. The van der Waals surface area contributed by atoms with Crippen LogP contribution in [0, 0.1) is 10.8 Å². The number of carbonyl (C=O) groups is 2. The molecule has 0 atom stereocenters. The van der Waals surface area contributed by atoms with Crippen molar-refractivity contribution in [2.45, 2.75) is 78.6 Å². The van der Waals surface area contributed by atoms with Gasteiger partial charge in [0.15, 0.2) is 11.5 Å². The Labute approximate surface area is 198 Å². The summed E-state index contributed by atoms with van der Waals surface area (Å²) in [5.74, 6) is -2.03. The predicted octanol–water partition coefficient (Wildman–Crippen LogP) is 4.69. The number of aromatic hydroxyl groups is 2. The van der Waals surface area contributed by atoms with E-state index in [1.165, 1.54) is 12.5 Å². The minimum Gasteiger partial charge on any atom is -0.502 e. The molecule has 2 aromatic rings. The third kappa shape index (κ3) is 6.92. The molecule has 0 aliphatic rings. The molecular weight excluding hydrogens is 440 g/mol. The van der Waals surface area contributed by atoms with E-state index in [0.29, 0.717) is 12.8 Å². The SMILES string of the molecule is CC(C)(C=O)CCCCCC(=O)CCC(C)(C)C(c1cocc(O)c1=O)c1cocc(O)c1=O. The summed E-state index contributed by atoms with van der Waals surface area (Å²) in [7, 11) is 0. The van der Waals surface area contributed by atoms with Gasteiger partial charge in [-0.15, -0.1) is 0 Å². The highest BCUT2D eigenvalue weighted by atomic mass is 16.3. The monoisotopic (exact) mass is 474 g/mol. The van der Waals surface area contributed by atoms with Crippen molar-refractivity contribution in [1.29, 1.82) is 0 Å². The Bertz CT molecular complexity index is 1050. The van der Waals surface area contributed by atoms with Gasteiger partial charge in [-0.1, -0.05) is 40.5 Å². The fourth-order valence-corrected chi connectivity index (χ4v) is 4.13. The topological polar surface area (TPSA) is 135 Å². The Morgan fingerprint density at radius 1 is 0.853 bits per heavy atom. The highest BCUT2D eigenvalue weighted by Crippen LogP contribution is 2.42. The molecule has 2 heterocycles. The van der Waals surface area contributed by atoms with Gasteiger partial charge in [-0.05, 0) is 24.7 Å². The highest BCUT2D eigenvalue weighted by molar-refractivity contribution is 5.78. The molecule has 2 rings (SSSR count). The Kier molecular flexibility index (Phi) is 9.01. The molecule has 0 amide bonds. The lowest BCUT2D eigenvalue weighted by Gasteiger charge is -2.33. The molecule has 0 aliphatic carbocycles. The summed E-state index contributed by atoms with van der Waals surface area (Å²) in [6, 6.07) is 0. The van der Waals surface area contributed by atoms with Gasteiger partial charge in [0.25, 0.3) is 0 Å². The fraction of sp³-hybridized carbons (Fsp3) is 0.538. The number of ketones is 1. The van der Waals surface area contributed by atoms with Crippen LogP contribution in [0.2, 0.25) is 0 Å². The third-order valence-corrected chi connectivity index (χ3v) is 6.29. The molecule has 186 valence electrons. The van der Waals surface area contributed by atoms with E-state index >= 15 is 0 Å². The maximum absolute atomic E-state index is 12.7. The van der Waals surface area contributed by atoms with Gasteiger partial charge in [0.05, 0.1) is 12.5 Å². The molecule has 8 nitrogen and oxygen atoms in total. The number of Topliss-reactive ketones (excluding diaryl/α,β-unsaturated/α-hetero) is 1. The van der Waals surface area contributed by atoms with Crippen molar-refractivity contribution < 1.29 is 28.6 Å². The molecule has 0 unspecified atom stereocenters. The molecule has 0 bridgehead atoms. The average Bonchev–Trinajstić information content (AvgIpc) is 2.78. The van der Waals surface area contributed by atoms with Crippen molar-refractivity contribution in [2.75, 3.05) is 0 Å². The molecule has 0 fully saturated rings. The summed E-state index contributed by atoms with van der Waals surface area (Å²) >= 11 is 0. The van der Waals surface area contributed by atoms with Crippen molar-refractivity contribution in [3.05, 3.63) is 56.6 Å². The van der Waals surface area contributed by atoms with E-state index in [-0.39, 0.29) is 28.7 Å². The first-order chi connectivity index (χ1) is 15.9. The van der Waals surface area contributed by atoms with Gasteiger partial charge in [0.1, 0.15) is 24.6 Å². The maximum atomic E-state index is 12.7. The standard InChI is InChI=1S/C26H34O8/c1-25(2,16-27)10-7-5-6-8-17(28)9-11-26(3,4)22(18-12-33-14-20(29)23(18)31)19-13-34-15-21(30)24(19)32/h12-16,22,29-30H,5-11H2,1-4H3. The molecule has 0 aliphatic heterocycles. The Hall–Kier alpha value is -3.16. The second kappa shape index (κ2) is 11.3. The van der Waals surface area contributed by atoms with E-state index in [9.17, 15) is 29.4 Å². The molecule has 0 saturated heterocycles. The second-order valence-electron chi connectivity index (χ2n) is 10.2. The van der Waals surface area contributed by atoms with Crippen LogP contribution in [-0.4, -0.2) is 22.3 Å². The van der Waals surface area contributed by atoms with Crippen LogP contribution in [0.25, 0.3) is 0 Å². The van der Waals surface area contributed by atoms with Crippen LogP contribution in [0.1, 0.15) is 89.7 Å². The van der Waals surface area contributed by atoms with Crippen LogP contribution < -0.4 is 10.9 Å². The Morgan fingerprint density at radius 3 is 1.88 bits per heavy atom. The van der Waals surface area contributed by atoms with E-state index in [1.807, 2.05) is 13.8 Å². The normalized spacial score (nSPS) is 12.1. The van der Waals surface area contributed by atoms with Crippen molar-refractivity contribution in [3.63, 3.8) is 0 Å². The molecular formula is C26H34O8.